The van der Waals surface area contributed by atoms with E-state index in [1.807, 2.05) is 0 Å². The summed E-state index contributed by atoms with van der Waals surface area (Å²) in [5.74, 6) is -0.539. The number of hydrogen-bond donors (Lipinski definition) is 0. The van der Waals surface area contributed by atoms with E-state index in [0.717, 1.165) is 4.90 Å². The average molecular weight is 423 g/mol. The quantitative estimate of drug-likeness (QED) is 0.639. The van der Waals surface area contributed by atoms with Gasteiger partial charge in [-0.3, -0.25) is 14.5 Å². The Bertz CT molecular complexity index is 876. The van der Waals surface area contributed by atoms with Crippen LogP contribution in [0.25, 0.3) is 0 Å². The molecule has 154 valence electrons. The first kappa shape index (κ1) is 19.3. The van der Waals surface area contributed by atoms with E-state index < -0.39 is 36.7 Å². The number of amides is 3. The van der Waals surface area contributed by atoms with Crippen molar-refractivity contribution in [2.24, 2.45) is 4.99 Å². The van der Waals surface area contributed by atoms with Crippen LogP contribution in [0.2, 0.25) is 5.02 Å². The summed E-state index contributed by atoms with van der Waals surface area (Å²) in [6, 6.07) is 5.89. The molecule has 29 heavy (non-hydrogen) atoms. The van der Waals surface area contributed by atoms with Crippen molar-refractivity contribution in [3.63, 3.8) is 0 Å². The van der Waals surface area contributed by atoms with Gasteiger partial charge in [0.1, 0.15) is 18.9 Å². The summed E-state index contributed by atoms with van der Waals surface area (Å²) in [6.07, 6.45) is -1.04. The lowest BCUT2D eigenvalue weighted by Crippen LogP contribution is -2.65. The van der Waals surface area contributed by atoms with Crippen LogP contribution in [0.4, 0.5) is 4.79 Å². The van der Waals surface area contributed by atoms with Gasteiger partial charge in [0.25, 0.3) is 11.9 Å². The van der Waals surface area contributed by atoms with Crippen molar-refractivity contribution < 1.29 is 28.6 Å². The molecule has 4 rings (SSSR count). The standard InChI is InChI=1S/C18H19ClN4O6/c1-21-15-14(16(25)23(18(21)26)8-13(24)27-2)22-7-12(29-17(22)20-15)9-28-11-5-3-10(19)4-6-11/h3-6,12,14-15H,7-9H2,1-2H3. The van der Waals surface area contributed by atoms with Gasteiger partial charge in [0, 0.05) is 12.1 Å². The highest BCUT2D eigenvalue weighted by molar-refractivity contribution is 6.30. The molecule has 3 unspecified atom stereocenters. The predicted molar refractivity (Wildman–Crippen MR) is 100 cm³/mol. The number of methoxy groups -OCH3 is 1. The second-order valence-corrected chi connectivity index (χ2v) is 7.26. The topological polar surface area (TPSA) is 101 Å². The molecule has 0 spiro atoms. The molecule has 3 heterocycles. The molecule has 10 nitrogen and oxygen atoms in total. The number of nitrogens with zero attached hydrogens (tertiary/aromatic N) is 4. The van der Waals surface area contributed by atoms with Crippen LogP contribution in [0.1, 0.15) is 0 Å². The van der Waals surface area contributed by atoms with Crippen molar-refractivity contribution in [2.45, 2.75) is 18.3 Å². The molecule has 0 N–H and O–H groups in total. The van der Waals surface area contributed by atoms with E-state index in [4.69, 9.17) is 21.1 Å². The number of fused-ring (bicyclic) bond motifs is 3. The number of rotatable bonds is 5. The van der Waals surface area contributed by atoms with E-state index in [2.05, 4.69) is 9.73 Å². The molecule has 0 aliphatic carbocycles. The van der Waals surface area contributed by atoms with Gasteiger partial charge >= 0.3 is 12.0 Å². The molecular weight excluding hydrogens is 404 g/mol. The molecule has 0 bridgehead atoms. The molecule has 0 saturated carbocycles. The van der Waals surface area contributed by atoms with Gasteiger partial charge in [0.15, 0.2) is 18.3 Å². The number of likely N-dealkylation sites (N-methyl/N-ethyl adjacent to an activating group) is 1. The van der Waals surface area contributed by atoms with Gasteiger partial charge in [0.05, 0.1) is 13.7 Å². The van der Waals surface area contributed by atoms with E-state index in [1.165, 1.54) is 19.1 Å². The Hall–Kier alpha value is -3.01. The molecule has 1 aromatic rings. The number of ether oxygens (including phenoxy) is 3. The number of aliphatic imine (C=N–C) groups is 1. The Morgan fingerprint density at radius 3 is 2.72 bits per heavy atom. The average Bonchev–Trinajstić information content (AvgIpc) is 3.26. The van der Waals surface area contributed by atoms with Crippen LogP contribution in [0.15, 0.2) is 29.3 Å². The number of esters is 1. The molecule has 0 aromatic heterocycles. The summed E-state index contributed by atoms with van der Waals surface area (Å²) in [5.41, 5.74) is 0. The van der Waals surface area contributed by atoms with Crippen LogP contribution >= 0.6 is 11.6 Å². The summed E-state index contributed by atoms with van der Waals surface area (Å²) >= 11 is 5.86. The number of hydrogen-bond acceptors (Lipinski definition) is 8. The van der Waals surface area contributed by atoms with Gasteiger partial charge in [-0.25, -0.2) is 9.79 Å². The van der Waals surface area contributed by atoms with Crippen LogP contribution in [0.3, 0.4) is 0 Å². The number of carbonyl (C=O) groups excluding carboxylic acids is 3. The zero-order chi connectivity index (χ0) is 20.7. The smallest absolute Gasteiger partial charge is 0.328 e. The minimum atomic E-state index is -0.752. The first-order valence-corrected chi connectivity index (χ1v) is 9.31. The summed E-state index contributed by atoms with van der Waals surface area (Å²) in [7, 11) is 2.73. The Morgan fingerprint density at radius 2 is 2.03 bits per heavy atom. The number of imide groups is 1. The predicted octanol–water partition coefficient (Wildman–Crippen LogP) is 0.551. The minimum Gasteiger partial charge on any atom is -0.490 e. The Kier molecular flexibility index (Phi) is 4.95. The van der Waals surface area contributed by atoms with Gasteiger partial charge in [-0.05, 0) is 24.3 Å². The van der Waals surface area contributed by atoms with E-state index in [0.29, 0.717) is 17.3 Å². The van der Waals surface area contributed by atoms with Crippen LogP contribution in [0, 0.1) is 0 Å². The highest BCUT2D eigenvalue weighted by Gasteiger charge is 2.55. The molecule has 11 heteroatoms. The second-order valence-electron chi connectivity index (χ2n) is 6.82. The summed E-state index contributed by atoms with van der Waals surface area (Å²) in [4.78, 5) is 45.3. The second kappa shape index (κ2) is 7.43. The van der Waals surface area contributed by atoms with Crippen molar-refractivity contribution in [3.8, 4) is 5.75 Å². The number of amidine groups is 1. The molecule has 1 aromatic carbocycles. The van der Waals surface area contributed by atoms with E-state index in [1.54, 1.807) is 29.2 Å². The lowest BCUT2D eigenvalue weighted by molar-refractivity contribution is -0.148. The minimum absolute atomic E-state index is 0.253. The number of halogens is 1. The fraction of sp³-hybridized carbons (Fsp3) is 0.444. The molecule has 3 aliphatic rings. The van der Waals surface area contributed by atoms with Gasteiger partial charge in [0.2, 0.25) is 0 Å². The Balaban J connectivity index is 1.45. The first-order valence-electron chi connectivity index (χ1n) is 8.93. The van der Waals surface area contributed by atoms with Crippen LogP contribution in [-0.4, -0.2) is 90.8 Å². The van der Waals surface area contributed by atoms with Gasteiger partial charge < -0.3 is 24.0 Å². The first-order chi connectivity index (χ1) is 13.9. The number of urea groups is 1. The van der Waals surface area contributed by atoms with Crippen molar-refractivity contribution >= 4 is 35.5 Å². The zero-order valence-electron chi connectivity index (χ0n) is 15.8. The normalized spacial score (nSPS) is 25.4. The maximum absolute atomic E-state index is 12.9. The third-order valence-electron chi connectivity index (χ3n) is 4.99. The molecular formula is C18H19ClN4O6. The lowest BCUT2D eigenvalue weighted by atomic mass is 10.1. The fourth-order valence-electron chi connectivity index (χ4n) is 3.50. The molecule has 3 amide bonds. The van der Waals surface area contributed by atoms with Crippen LogP contribution in [0.5, 0.6) is 5.75 Å². The maximum Gasteiger partial charge on any atom is 0.328 e. The van der Waals surface area contributed by atoms with Gasteiger partial charge in [-0.15, -0.1) is 0 Å². The largest absolute Gasteiger partial charge is 0.490 e. The molecule has 3 aliphatic heterocycles. The summed E-state index contributed by atoms with van der Waals surface area (Å²) in [6.45, 7) is 0.172. The fourth-order valence-corrected chi connectivity index (χ4v) is 3.62. The van der Waals surface area contributed by atoms with Crippen molar-refractivity contribution in [1.29, 1.82) is 0 Å². The molecule has 2 saturated heterocycles. The SMILES string of the molecule is COC(=O)CN1C(=O)C2C(N=C3OC(COc4ccc(Cl)cc4)CN32)N(C)C1=O. The molecule has 2 fully saturated rings. The van der Waals surface area contributed by atoms with Gasteiger partial charge in [-0.2, -0.15) is 0 Å². The monoisotopic (exact) mass is 422 g/mol. The van der Waals surface area contributed by atoms with E-state index in [-0.39, 0.29) is 18.7 Å². The highest BCUT2D eigenvalue weighted by atomic mass is 35.5. The third kappa shape index (κ3) is 3.44. The van der Waals surface area contributed by atoms with Crippen molar-refractivity contribution in [1.82, 2.24) is 14.7 Å². The van der Waals surface area contributed by atoms with E-state index in [9.17, 15) is 14.4 Å². The Morgan fingerprint density at radius 1 is 1.31 bits per heavy atom. The number of benzene rings is 1. The Labute approximate surface area is 171 Å². The summed E-state index contributed by atoms with van der Waals surface area (Å²) < 4.78 is 16.1. The maximum atomic E-state index is 12.9. The van der Waals surface area contributed by atoms with Crippen LogP contribution < -0.4 is 4.74 Å². The molecule has 0 radical (unpaired) electrons. The third-order valence-corrected chi connectivity index (χ3v) is 5.24. The van der Waals surface area contributed by atoms with Crippen molar-refractivity contribution in [2.75, 3.05) is 33.9 Å². The summed E-state index contributed by atoms with van der Waals surface area (Å²) in [5, 5.41) is 0.612. The number of carbonyl (C=O) groups is 3. The van der Waals surface area contributed by atoms with E-state index >= 15 is 0 Å². The highest BCUT2D eigenvalue weighted by Crippen LogP contribution is 2.32. The van der Waals surface area contributed by atoms with Crippen LogP contribution in [-0.2, 0) is 19.1 Å². The lowest BCUT2D eigenvalue weighted by Gasteiger charge is -2.39. The molecule has 3 atom stereocenters. The van der Waals surface area contributed by atoms with Gasteiger partial charge in [-0.1, -0.05) is 11.6 Å². The van der Waals surface area contributed by atoms with Crippen molar-refractivity contribution in [3.05, 3.63) is 29.3 Å². The zero-order valence-corrected chi connectivity index (χ0v) is 16.5.